The van der Waals surface area contributed by atoms with Gasteiger partial charge in [-0.1, -0.05) is 6.07 Å². The molecule has 160 valence electrons. The summed E-state index contributed by atoms with van der Waals surface area (Å²) in [6.45, 7) is 0.570. The van der Waals surface area contributed by atoms with Gasteiger partial charge in [0.1, 0.15) is 18.5 Å². The number of amides is 1. The topological polar surface area (TPSA) is 101 Å². The molecule has 0 saturated carbocycles. The number of hydrogen-bond acceptors (Lipinski definition) is 7. The number of benzene rings is 1. The highest BCUT2D eigenvalue weighted by atomic mass is 19.2. The van der Waals surface area contributed by atoms with Crippen LogP contribution in [0.2, 0.25) is 0 Å². The van der Waals surface area contributed by atoms with Crippen LogP contribution in [0.4, 0.5) is 8.78 Å². The summed E-state index contributed by atoms with van der Waals surface area (Å²) in [7, 11) is 0. The average Bonchev–Trinajstić information content (AvgIpc) is 3.30. The number of hydrogen-bond donors (Lipinski definition) is 1. The summed E-state index contributed by atoms with van der Waals surface area (Å²) in [5.41, 5.74) is -0.679. The summed E-state index contributed by atoms with van der Waals surface area (Å²) in [5, 5.41) is 12.0. The van der Waals surface area contributed by atoms with Crippen molar-refractivity contribution < 1.29 is 27.8 Å². The van der Waals surface area contributed by atoms with Gasteiger partial charge in [-0.25, -0.2) is 13.8 Å². The van der Waals surface area contributed by atoms with Crippen molar-refractivity contribution in [3.8, 4) is 5.75 Å². The standard InChI is InChI=1S/C20H16F2N4O5/c21-12-2-1-11(9-13(12)22)16(19-23-4-7-31-19)26-15-10-30-8-6-24(15)20(29)17-18(28)14(27)3-5-25(17)26/h1-5,7,9,15-16,28H,6,8,10H2/t15-,16-/m1/s1. The smallest absolute Gasteiger partial charge is 0.278 e. The second-order valence-electron chi connectivity index (χ2n) is 7.10. The lowest BCUT2D eigenvalue weighted by molar-refractivity contribution is -0.0204. The molecule has 0 spiro atoms. The van der Waals surface area contributed by atoms with Gasteiger partial charge in [0, 0.05) is 18.8 Å². The van der Waals surface area contributed by atoms with Crippen LogP contribution < -0.4 is 10.4 Å². The van der Waals surface area contributed by atoms with E-state index in [9.17, 15) is 23.5 Å². The molecule has 0 aliphatic carbocycles. The number of aromatic hydroxyl groups is 1. The van der Waals surface area contributed by atoms with Crippen molar-refractivity contribution in [1.82, 2.24) is 14.6 Å². The molecule has 4 heterocycles. The lowest BCUT2D eigenvalue weighted by atomic mass is 10.0. The monoisotopic (exact) mass is 430 g/mol. The number of rotatable bonds is 3. The molecular weight excluding hydrogens is 414 g/mol. The highest BCUT2D eigenvalue weighted by Crippen LogP contribution is 2.35. The van der Waals surface area contributed by atoms with Gasteiger partial charge in [-0.15, -0.1) is 0 Å². The number of pyridine rings is 1. The molecule has 5 rings (SSSR count). The molecule has 9 nitrogen and oxygen atoms in total. The number of aromatic nitrogens is 2. The Bertz CT molecular complexity index is 1210. The largest absolute Gasteiger partial charge is 0.502 e. The number of fused-ring (bicyclic) bond motifs is 2. The lowest BCUT2D eigenvalue weighted by Crippen LogP contribution is -2.66. The molecule has 2 atom stereocenters. The zero-order valence-corrected chi connectivity index (χ0v) is 15.9. The molecule has 1 amide bonds. The Morgan fingerprint density at radius 2 is 2.03 bits per heavy atom. The summed E-state index contributed by atoms with van der Waals surface area (Å²) in [6, 6.07) is 3.54. The predicted molar refractivity (Wildman–Crippen MR) is 101 cm³/mol. The highest BCUT2D eigenvalue weighted by molar-refractivity contribution is 5.96. The van der Waals surface area contributed by atoms with Crippen molar-refractivity contribution in [2.45, 2.75) is 12.2 Å². The van der Waals surface area contributed by atoms with E-state index in [1.165, 1.54) is 34.3 Å². The quantitative estimate of drug-likeness (QED) is 0.670. The first-order valence-corrected chi connectivity index (χ1v) is 9.43. The van der Waals surface area contributed by atoms with Crippen molar-refractivity contribution in [3.05, 3.63) is 81.9 Å². The average molecular weight is 430 g/mol. The highest BCUT2D eigenvalue weighted by Gasteiger charge is 2.45. The maximum Gasteiger partial charge on any atom is 0.278 e. The van der Waals surface area contributed by atoms with Crippen LogP contribution in [-0.4, -0.2) is 51.5 Å². The van der Waals surface area contributed by atoms with Crippen LogP contribution in [0.3, 0.4) is 0 Å². The van der Waals surface area contributed by atoms with Crippen LogP contribution in [0.15, 0.2) is 52.1 Å². The molecule has 31 heavy (non-hydrogen) atoms. The first-order chi connectivity index (χ1) is 15.0. The molecule has 2 aliphatic rings. The van der Waals surface area contributed by atoms with Gasteiger partial charge in [0.05, 0.1) is 19.4 Å². The lowest BCUT2D eigenvalue weighted by Gasteiger charge is -2.50. The number of morpholine rings is 1. The van der Waals surface area contributed by atoms with Crippen LogP contribution in [0, 0.1) is 11.6 Å². The van der Waals surface area contributed by atoms with Crippen LogP contribution in [-0.2, 0) is 4.74 Å². The Morgan fingerprint density at radius 1 is 1.19 bits per heavy atom. The number of carbonyl (C=O) groups is 1. The fourth-order valence-corrected chi connectivity index (χ4v) is 3.99. The Labute approximate surface area is 173 Å². The van der Waals surface area contributed by atoms with Crippen molar-refractivity contribution in [1.29, 1.82) is 0 Å². The zero-order valence-electron chi connectivity index (χ0n) is 15.9. The van der Waals surface area contributed by atoms with Crippen LogP contribution >= 0.6 is 0 Å². The van der Waals surface area contributed by atoms with Gasteiger partial charge in [-0.3, -0.25) is 19.3 Å². The maximum absolute atomic E-state index is 14.1. The SMILES string of the molecule is O=C1c2c(O)c(=O)ccn2N([C@H](c2ccc(F)c(F)c2)c2ncco2)[C@@H]2COCCN12. The first-order valence-electron chi connectivity index (χ1n) is 9.43. The molecule has 0 unspecified atom stereocenters. The normalized spacial score (nSPS) is 19.2. The van der Waals surface area contributed by atoms with E-state index in [0.717, 1.165) is 18.2 Å². The number of carbonyl (C=O) groups excluding carboxylic acids is 1. The van der Waals surface area contributed by atoms with Gasteiger partial charge in [0.2, 0.25) is 11.3 Å². The molecule has 1 N–H and O–H groups in total. The number of halogens is 2. The van der Waals surface area contributed by atoms with Crippen molar-refractivity contribution >= 4 is 5.91 Å². The van der Waals surface area contributed by atoms with E-state index in [-0.39, 0.29) is 36.9 Å². The molecule has 1 fully saturated rings. The Morgan fingerprint density at radius 3 is 2.77 bits per heavy atom. The Balaban J connectivity index is 1.77. The molecule has 3 aromatic rings. The van der Waals surface area contributed by atoms with Crippen LogP contribution in [0.25, 0.3) is 0 Å². The second-order valence-corrected chi connectivity index (χ2v) is 7.10. The minimum atomic E-state index is -1.07. The fraction of sp³-hybridized carbons (Fsp3) is 0.250. The van der Waals surface area contributed by atoms with E-state index in [1.54, 1.807) is 5.01 Å². The summed E-state index contributed by atoms with van der Waals surface area (Å²) in [5.74, 6) is -3.21. The predicted octanol–water partition coefficient (Wildman–Crippen LogP) is 1.36. The molecule has 0 bridgehead atoms. The minimum Gasteiger partial charge on any atom is -0.502 e. The molecule has 1 saturated heterocycles. The van der Waals surface area contributed by atoms with Gasteiger partial charge < -0.3 is 19.2 Å². The first kappa shape index (κ1) is 19.2. The molecule has 11 heteroatoms. The van der Waals surface area contributed by atoms with E-state index in [1.807, 2.05) is 0 Å². The second kappa shape index (κ2) is 7.20. The third-order valence-corrected chi connectivity index (χ3v) is 5.38. The van der Waals surface area contributed by atoms with Crippen molar-refractivity contribution in [3.63, 3.8) is 0 Å². The molecular formula is C20H16F2N4O5. The van der Waals surface area contributed by atoms with Crippen LogP contribution in [0.5, 0.6) is 5.75 Å². The third-order valence-electron chi connectivity index (χ3n) is 5.38. The van der Waals surface area contributed by atoms with Gasteiger partial charge in [0.25, 0.3) is 5.91 Å². The van der Waals surface area contributed by atoms with E-state index >= 15 is 0 Å². The molecule has 2 aromatic heterocycles. The number of ether oxygens (including phenoxy) is 1. The van der Waals surface area contributed by atoms with Gasteiger partial charge >= 0.3 is 0 Å². The maximum atomic E-state index is 14.1. The fourth-order valence-electron chi connectivity index (χ4n) is 3.99. The van der Waals surface area contributed by atoms with E-state index in [2.05, 4.69) is 4.98 Å². The number of nitrogens with zero attached hydrogens (tertiary/aromatic N) is 4. The van der Waals surface area contributed by atoms with Gasteiger partial charge in [-0.2, -0.15) is 0 Å². The Hall–Kier alpha value is -3.73. The minimum absolute atomic E-state index is 0.0962. The van der Waals surface area contributed by atoms with Crippen LogP contribution in [0.1, 0.15) is 28.0 Å². The Kier molecular flexibility index (Phi) is 4.47. The van der Waals surface area contributed by atoms with Gasteiger partial charge in [-0.05, 0) is 17.7 Å². The summed E-state index contributed by atoms with van der Waals surface area (Å²) >= 11 is 0. The summed E-state index contributed by atoms with van der Waals surface area (Å²) in [6.07, 6.45) is 3.37. The zero-order chi connectivity index (χ0) is 21.7. The number of oxazole rings is 1. The third kappa shape index (κ3) is 2.96. The van der Waals surface area contributed by atoms with E-state index in [0.29, 0.717) is 0 Å². The van der Waals surface area contributed by atoms with E-state index < -0.39 is 40.9 Å². The summed E-state index contributed by atoms with van der Waals surface area (Å²) < 4.78 is 40.1. The van der Waals surface area contributed by atoms with Crippen molar-refractivity contribution in [2.24, 2.45) is 0 Å². The summed E-state index contributed by atoms with van der Waals surface area (Å²) in [4.78, 5) is 30.8. The molecule has 0 radical (unpaired) electrons. The van der Waals surface area contributed by atoms with Gasteiger partial charge in [0.15, 0.2) is 23.1 Å². The molecule has 1 aromatic carbocycles. The van der Waals surface area contributed by atoms with E-state index in [4.69, 9.17) is 9.15 Å². The molecule has 2 aliphatic heterocycles. The van der Waals surface area contributed by atoms with Crippen molar-refractivity contribution in [2.75, 3.05) is 24.8 Å².